The highest BCUT2D eigenvalue weighted by atomic mass is 32.1. The van der Waals surface area contributed by atoms with Crippen LogP contribution in [0.2, 0.25) is 0 Å². The zero-order chi connectivity index (χ0) is 14.1. The molecule has 6 nitrogen and oxygen atoms in total. The van der Waals surface area contributed by atoms with Crippen LogP contribution in [-0.2, 0) is 11.2 Å². The lowest BCUT2D eigenvalue weighted by Gasteiger charge is -2.26. The van der Waals surface area contributed by atoms with Gasteiger partial charge in [0.2, 0.25) is 0 Å². The highest BCUT2D eigenvalue weighted by Gasteiger charge is 2.23. The molecular weight excluding hydrogens is 276 g/mol. The maximum Gasteiger partial charge on any atom is 0.264 e. The highest BCUT2D eigenvalue weighted by molar-refractivity contribution is 7.14. The van der Waals surface area contributed by atoms with E-state index in [4.69, 9.17) is 10.5 Å². The van der Waals surface area contributed by atoms with Gasteiger partial charge in [0.05, 0.1) is 5.69 Å². The van der Waals surface area contributed by atoms with E-state index in [0.29, 0.717) is 12.3 Å². The Labute approximate surface area is 120 Å². The monoisotopic (exact) mass is 290 g/mol. The number of carbonyl (C=O) groups is 1. The van der Waals surface area contributed by atoms with Crippen LogP contribution >= 0.6 is 11.3 Å². The van der Waals surface area contributed by atoms with Crippen molar-refractivity contribution in [1.29, 1.82) is 0 Å². The molecule has 0 saturated carbocycles. The fourth-order valence-corrected chi connectivity index (χ4v) is 2.85. The van der Waals surface area contributed by atoms with Gasteiger partial charge in [-0.2, -0.15) is 0 Å². The van der Waals surface area contributed by atoms with Crippen LogP contribution in [0.25, 0.3) is 10.6 Å². The summed E-state index contributed by atoms with van der Waals surface area (Å²) in [5.41, 5.74) is 7.20. The Morgan fingerprint density at radius 3 is 3.10 bits per heavy atom. The largest absolute Gasteiger partial charge is 0.482 e. The van der Waals surface area contributed by atoms with Crippen LogP contribution in [0.15, 0.2) is 18.2 Å². The fraction of sp³-hybridized carbons (Fsp3) is 0.308. The molecular formula is C13H14N4O2S. The Kier molecular flexibility index (Phi) is 3.37. The molecule has 0 aliphatic carbocycles. The molecule has 2 aromatic rings. The van der Waals surface area contributed by atoms with E-state index in [2.05, 4.69) is 10.2 Å². The van der Waals surface area contributed by atoms with Gasteiger partial charge in [0.1, 0.15) is 15.8 Å². The first-order valence-corrected chi connectivity index (χ1v) is 7.07. The molecule has 2 N–H and O–H groups in total. The van der Waals surface area contributed by atoms with Crippen molar-refractivity contribution < 1.29 is 9.53 Å². The first kappa shape index (κ1) is 13.0. The quantitative estimate of drug-likeness (QED) is 0.914. The first-order chi connectivity index (χ1) is 9.69. The van der Waals surface area contributed by atoms with E-state index in [1.807, 2.05) is 18.2 Å². The Morgan fingerprint density at radius 1 is 1.45 bits per heavy atom. The number of hydrogen-bond acceptors (Lipinski definition) is 6. The third-order valence-electron chi connectivity index (χ3n) is 3.12. The zero-order valence-electron chi connectivity index (χ0n) is 11.0. The number of aromatic nitrogens is 2. The number of likely N-dealkylation sites (N-methyl/N-ethyl adjacent to an activating group) is 1. The molecule has 1 aliphatic heterocycles. The summed E-state index contributed by atoms with van der Waals surface area (Å²) in [7, 11) is 1.74. The minimum absolute atomic E-state index is 0.0595. The maximum atomic E-state index is 11.7. The summed E-state index contributed by atoms with van der Waals surface area (Å²) < 4.78 is 5.40. The van der Waals surface area contributed by atoms with Gasteiger partial charge in [-0.05, 0) is 24.7 Å². The molecule has 1 amide bonds. The van der Waals surface area contributed by atoms with Gasteiger partial charge in [-0.15, -0.1) is 10.2 Å². The molecule has 1 aromatic carbocycles. The first-order valence-electron chi connectivity index (χ1n) is 6.25. The summed E-state index contributed by atoms with van der Waals surface area (Å²) in [5, 5.41) is 10.0. The lowest BCUT2D eigenvalue weighted by atomic mass is 10.1. The average Bonchev–Trinajstić information content (AvgIpc) is 2.92. The van der Waals surface area contributed by atoms with E-state index in [1.54, 1.807) is 11.9 Å². The number of rotatable bonds is 3. The van der Waals surface area contributed by atoms with E-state index in [0.717, 1.165) is 27.7 Å². The molecule has 0 bridgehead atoms. The Balaban J connectivity index is 1.96. The van der Waals surface area contributed by atoms with Crippen molar-refractivity contribution in [2.75, 3.05) is 25.1 Å². The maximum absolute atomic E-state index is 11.7. The van der Waals surface area contributed by atoms with Crippen molar-refractivity contribution in [2.24, 2.45) is 5.73 Å². The molecule has 3 rings (SSSR count). The average molecular weight is 290 g/mol. The Bertz CT molecular complexity index is 656. The van der Waals surface area contributed by atoms with E-state index < -0.39 is 0 Å². The van der Waals surface area contributed by atoms with Crippen LogP contribution in [-0.4, -0.2) is 36.3 Å². The van der Waals surface area contributed by atoms with Gasteiger partial charge >= 0.3 is 0 Å². The van der Waals surface area contributed by atoms with Gasteiger partial charge in [-0.1, -0.05) is 11.3 Å². The van der Waals surface area contributed by atoms with Gasteiger partial charge in [-0.25, -0.2) is 0 Å². The predicted molar refractivity (Wildman–Crippen MR) is 77.0 cm³/mol. The molecule has 0 radical (unpaired) electrons. The van der Waals surface area contributed by atoms with Crippen LogP contribution < -0.4 is 15.4 Å². The lowest BCUT2D eigenvalue weighted by Crippen LogP contribution is -2.35. The van der Waals surface area contributed by atoms with Crippen molar-refractivity contribution >= 4 is 22.9 Å². The molecule has 0 unspecified atom stereocenters. The second-order valence-corrected chi connectivity index (χ2v) is 5.53. The Morgan fingerprint density at radius 2 is 2.30 bits per heavy atom. The highest BCUT2D eigenvalue weighted by Crippen LogP contribution is 2.36. The number of benzene rings is 1. The van der Waals surface area contributed by atoms with E-state index in [-0.39, 0.29) is 12.5 Å². The van der Waals surface area contributed by atoms with E-state index in [9.17, 15) is 4.79 Å². The number of hydrogen-bond donors (Lipinski definition) is 1. The van der Waals surface area contributed by atoms with Crippen molar-refractivity contribution in [3.05, 3.63) is 23.2 Å². The van der Waals surface area contributed by atoms with Crippen LogP contribution in [0, 0.1) is 0 Å². The summed E-state index contributed by atoms with van der Waals surface area (Å²) in [6.07, 6.45) is 0.726. The smallest absolute Gasteiger partial charge is 0.264 e. The topological polar surface area (TPSA) is 81.3 Å². The summed E-state index contributed by atoms with van der Waals surface area (Å²) in [6.45, 7) is 0.645. The summed E-state index contributed by atoms with van der Waals surface area (Å²) >= 11 is 1.52. The van der Waals surface area contributed by atoms with E-state index >= 15 is 0 Å². The van der Waals surface area contributed by atoms with Crippen molar-refractivity contribution in [2.45, 2.75) is 6.42 Å². The second kappa shape index (κ2) is 5.18. The predicted octanol–water partition coefficient (Wildman–Crippen LogP) is 1.06. The number of fused-ring (bicyclic) bond motifs is 1. The molecule has 104 valence electrons. The number of nitrogens with two attached hydrogens (primary N) is 1. The normalized spacial score (nSPS) is 14.1. The summed E-state index contributed by atoms with van der Waals surface area (Å²) in [6, 6.07) is 5.69. The van der Waals surface area contributed by atoms with Gasteiger partial charge in [0.25, 0.3) is 5.91 Å². The Hall–Kier alpha value is -1.99. The standard InChI is InChI=1S/C13H14N4O2S/c1-17-9-6-8(2-3-10(9)19-7-12(17)18)13-16-15-11(20-13)4-5-14/h2-3,6H,4-5,7,14H2,1H3. The molecule has 7 heteroatoms. The SMILES string of the molecule is CN1C(=O)COc2ccc(-c3nnc(CCN)s3)cc21. The number of carbonyl (C=O) groups excluding carboxylic acids is 1. The van der Waals surface area contributed by atoms with Gasteiger partial charge < -0.3 is 15.4 Å². The minimum atomic E-state index is -0.0595. The number of amides is 1. The molecule has 0 fully saturated rings. The number of anilines is 1. The van der Waals surface area contributed by atoms with Gasteiger partial charge in [-0.3, -0.25) is 4.79 Å². The van der Waals surface area contributed by atoms with E-state index in [1.165, 1.54) is 11.3 Å². The number of ether oxygens (including phenoxy) is 1. The number of nitrogens with zero attached hydrogens (tertiary/aromatic N) is 3. The van der Waals surface area contributed by atoms with Crippen molar-refractivity contribution in [3.63, 3.8) is 0 Å². The summed E-state index contributed by atoms with van der Waals surface area (Å²) in [4.78, 5) is 13.3. The van der Waals surface area contributed by atoms with Crippen LogP contribution in [0.3, 0.4) is 0 Å². The second-order valence-electron chi connectivity index (χ2n) is 4.46. The summed E-state index contributed by atoms with van der Waals surface area (Å²) in [5.74, 6) is 0.651. The molecule has 0 saturated heterocycles. The molecule has 2 heterocycles. The third kappa shape index (κ3) is 2.25. The fourth-order valence-electron chi connectivity index (χ4n) is 2.00. The molecule has 0 atom stereocenters. The zero-order valence-corrected chi connectivity index (χ0v) is 11.8. The lowest BCUT2D eigenvalue weighted by molar-refractivity contribution is -0.120. The minimum Gasteiger partial charge on any atom is -0.482 e. The van der Waals surface area contributed by atoms with Gasteiger partial charge in [0, 0.05) is 19.0 Å². The van der Waals surface area contributed by atoms with Crippen molar-refractivity contribution in [1.82, 2.24) is 10.2 Å². The van der Waals surface area contributed by atoms with Crippen LogP contribution in [0.5, 0.6) is 5.75 Å². The molecule has 0 spiro atoms. The van der Waals surface area contributed by atoms with Crippen molar-refractivity contribution in [3.8, 4) is 16.3 Å². The van der Waals surface area contributed by atoms with Crippen LogP contribution in [0.4, 0.5) is 5.69 Å². The third-order valence-corrected chi connectivity index (χ3v) is 4.15. The van der Waals surface area contributed by atoms with Crippen LogP contribution in [0.1, 0.15) is 5.01 Å². The molecule has 1 aliphatic rings. The molecule has 20 heavy (non-hydrogen) atoms. The molecule has 1 aromatic heterocycles. The van der Waals surface area contributed by atoms with Gasteiger partial charge in [0.15, 0.2) is 6.61 Å².